The quantitative estimate of drug-likeness (QED) is 0.849. The maximum Gasteiger partial charge on any atom is 0.307 e. The molecule has 21 heavy (non-hydrogen) atoms. The van der Waals surface area contributed by atoms with E-state index in [0.29, 0.717) is 17.9 Å². The van der Waals surface area contributed by atoms with Crippen molar-refractivity contribution in [2.45, 2.75) is 20.3 Å². The van der Waals surface area contributed by atoms with Crippen molar-refractivity contribution < 1.29 is 19.1 Å². The van der Waals surface area contributed by atoms with Gasteiger partial charge in [0, 0.05) is 6.54 Å². The van der Waals surface area contributed by atoms with Crippen molar-refractivity contribution in [1.29, 1.82) is 0 Å². The predicted molar refractivity (Wildman–Crippen MR) is 77.0 cm³/mol. The first-order valence-electron chi connectivity index (χ1n) is 6.86. The second kappa shape index (κ2) is 6.39. The van der Waals surface area contributed by atoms with Crippen LogP contribution in [0, 0.1) is 6.92 Å². The standard InChI is InChI=1S/C15H18N2O4/c1-3-21-14(19)6-7-17-9-13(18)16-12-8-10(2)4-5-11(12)15(17)20/h4-5,8H,3,6-7,9H2,1-2H3,(H,16,18). The molecule has 2 amide bonds. The summed E-state index contributed by atoms with van der Waals surface area (Å²) in [5.74, 6) is -0.900. The number of hydrogen-bond donors (Lipinski definition) is 1. The van der Waals surface area contributed by atoms with E-state index in [1.165, 1.54) is 4.90 Å². The van der Waals surface area contributed by atoms with Gasteiger partial charge in [-0.2, -0.15) is 0 Å². The van der Waals surface area contributed by atoms with E-state index in [-0.39, 0.29) is 37.3 Å². The number of amides is 2. The van der Waals surface area contributed by atoms with Gasteiger partial charge in [-0.15, -0.1) is 0 Å². The van der Waals surface area contributed by atoms with Crippen molar-refractivity contribution in [3.05, 3.63) is 29.3 Å². The highest BCUT2D eigenvalue weighted by Crippen LogP contribution is 2.22. The van der Waals surface area contributed by atoms with Gasteiger partial charge in [0.25, 0.3) is 5.91 Å². The minimum atomic E-state index is -0.376. The largest absolute Gasteiger partial charge is 0.466 e. The zero-order valence-electron chi connectivity index (χ0n) is 12.1. The molecule has 0 unspecified atom stereocenters. The van der Waals surface area contributed by atoms with Gasteiger partial charge in [0.2, 0.25) is 5.91 Å². The lowest BCUT2D eigenvalue weighted by atomic mass is 10.1. The molecule has 6 heteroatoms. The SMILES string of the molecule is CCOC(=O)CCN1CC(=O)Nc2cc(C)ccc2C1=O. The van der Waals surface area contributed by atoms with Crippen LogP contribution in [0.3, 0.4) is 0 Å². The fourth-order valence-electron chi connectivity index (χ4n) is 2.19. The molecule has 1 aliphatic rings. The van der Waals surface area contributed by atoms with E-state index < -0.39 is 0 Å². The Kier molecular flexibility index (Phi) is 4.57. The Hall–Kier alpha value is -2.37. The average Bonchev–Trinajstić information content (AvgIpc) is 2.53. The number of anilines is 1. The van der Waals surface area contributed by atoms with Gasteiger partial charge in [-0.3, -0.25) is 14.4 Å². The highest BCUT2D eigenvalue weighted by atomic mass is 16.5. The molecule has 0 saturated carbocycles. The lowest BCUT2D eigenvalue weighted by Crippen LogP contribution is -2.36. The third kappa shape index (κ3) is 3.59. The van der Waals surface area contributed by atoms with Gasteiger partial charge < -0.3 is 15.0 Å². The van der Waals surface area contributed by atoms with Crippen LogP contribution in [-0.4, -0.2) is 42.4 Å². The summed E-state index contributed by atoms with van der Waals surface area (Å²) in [7, 11) is 0. The van der Waals surface area contributed by atoms with Crippen LogP contribution >= 0.6 is 0 Å². The molecule has 0 atom stereocenters. The summed E-state index contributed by atoms with van der Waals surface area (Å²) in [6.07, 6.45) is 0.0774. The van der Waals surface area contributed by atoms with Gasteiger partial charge >= 0.3 is 5.97 Å². The average molecular weight is 290 g/mol. The number of nitrogens with one attached hydrogen (secondary N) is 1. The highest BCUT2D eigenvalue weighted by molar-refractivity contribution is 6.08. The summed E-state index contributed by atoms with van der Waals surface area (Å²) >= 11 is 0. The summed E-state index contributed by atoms with van der Waals surface area (Å²) in [6.45, 7) is 4.01. The smallest absolute Gasteiger partial charge is 0.307 e. The molecular weight excluding hydrogens is 272 g/mol. The van der Waals surface area contributed by atoms with E-state index in [2.05, 4.69) is 5.32 Å². The minimum absolute atomic E-state index is 0.0635. The Labute approximate surface area is 123 Å². The summed E-state index contributed by atoms with van der Waals surface area (Å²) in [6, 6.07) is 5.27. The molecule has 0 spiro atoms. The zero-order chi connectivity index (χ0) is 15.4. The number of aryl methyl sites for hydroxylation is 1. The van der Waals surface area contributed by atoms with Crippen LogP contribution in [0.1, 0.15) is 29.3 Å². The summed E-state index contributed by atoms with van der Waals surface area (Å²) in [5.41, 5.74) is 1.92. The summed E-state index contributed by atoms with van der Waals surface area (Å²) in [4.78, 5) is 37.1. The van der Waals surface area contributed by atoms with Crippen LogP contribution in [0.15, 0.2) is 18.2 Å². The summed E-state index contributed by atoms with van der Waals surface area (Å²) < 4.78 is 4.83. The maximum absolute atomic E-state index is 12.4. The Morgan fingerprint density at radius 2 is 2.14 bits per heavy atom. The van der Waals surface area contributed by atoms with E-state index in [1.807, 2.05) is 13.0 Å². The number of fused-ring (bicyclic) bond motifs is 1. The molecule has 0 aromatic heterocycles. The molecule has 0 radical (unpaired) electrons. The van der Waals surface area contributed by atoms with Crippen LogP contribution in [0.2, 0.25) is 0 Å². The van der Waals surface area contributed by atoms with E-state index in [1.54, 1.807) is 19.1 Å². The maximum atomic E-state index is 12.4. The first-order valence-corrected chi connectivity index (χ1v) is 6.86. The first kappa shape index (κ1) is 15.0. The number of ether oxygens (including phenoxy) is 1. The lowest BCUT2D eigenvalue weighted by molar-refractivity contribution is -0.143. The monoisotopic (exact) mass is 290 g/mol. The van der Waals surface area contributed by atoms with Crippen LogP contribution < -0.4 is 5.32 Å². The molecule has 1 aromatic rings. The number of hydrogen-bond acceptors (Lipinski definition) is 4. The normalized spacial score (nSPS) is 14.3. The van der Waals surface area contributed by atoms with Gasteiger partial charge in [0.05, 0.1) is 24.3 Å². The number of esters is 1. The zero-order valence-corrected chi connectivity index (χ0v) is 12.1. The number of rotatable bonds is 4. The van der Waals surface area contributed by atoms with Gasteiger partial charge in [0.1, 0.15) is 6.54 Å². The van der Waals surface area contributed by atoms with Gasteiger partial charge in [0.15, 0.2) is 0 Å². The molecule has 0 aliphatic carbocycles. The third-order valence-corrected chi connectivity index (χ3v) is 3.19. The fourth-order valence-corrected chi connectivity index (χ4v) is 2.19. The fraction of sp³-hybridized carbons (Fsp3) is 0.400. The molecule has 1 aliphatic heterocycles. The van der Waals surface area contributed by atoms with E-state index in [0.717, 1.165) is 5.56 Å². The van der Waals surface area contributed by atoms with Gasteiger partial charge in [-0.05, 0) is 31.5 Å². The second-order valence-corrected chi connectivity index (χ2v) is 4.88. The van der Waals surface area contributed by atoms with Gasteiger partial charge in [-0.1, -0.05) is 6.07 Å². The van der Waals surface area contributed by atoms with E-state index in [4.69, 9.17) is 4.74 Å². The molecule has 6 nitrogen and oxygen atoms in total. The highest BCUT2D eigenvalue weighted by Gasteiger charge is 2.26. The van der Waals surface area contributed by atoms with Crippen molar-refractivity contribution in [3.8, 4) is 0 Å². The molecule has 1 heterocycles. The third-order valence-electron chi connectivity index (χ3n) is 3.19. The Bertz CT molecular complexity index is 583. The molecule has 0 fully saturated rings. The van der Waals surface area contributed by atoms with Crippen LogP contribution in [-0.2, 0) is 14.3 Å². The predicted octanol–water partition coefficient (Wildman–Crippen LogP) is 1.34. The number of benzene rings is 1. The number of carbonyl (C=O) groups is 3. The summed E-state index contributed by atoms with van der Waals surface area (Å²) in [5, 5.41) is 2.72. The topological polar surface area (TPSA) is 75.7 Å². The lowest BCUT2D eigenvalue weighted by Gasteiger charge is -2.19. The minimum Gasteiger partial charge on any atom is -0.466 e. The van der Waals surface area contributed by atoms with Crippen molar-refractivity contribution >= 4 is 23.5 Å². The van der Waals surface area contributed by atoms with Crippen molar-refractivity contribution in [2.24, 2.45) is 0 Å². The second-order valence-electron chi connectivity index (χ2n) is 4.88. The Morgan fingerprint density at radius 1 is 1.38 bits per heavy atom. The molecule has 0 saturated heterocycles. The molecule has 1 N–H and O–H groups in total. The Morgan fingerprint density at radius 3 is 2.86 bits per heavy atom. The molecule has 112 valence electrons. The number of carbonyl (C=O) groups excluding carboxylic acids is 3. The molecule has 1 aromatic carbocycles. The Balaban J connectivity index is 2.16. The van der Waals surface area contributed by atoms with Crippen LogP contribution in [0.25, 0.3) is 0 Å². The van der Waals surface area contributed by atoms with E-state index in [9.17, 15) is 14.4 Å². The first-order chi connectivity index (χ1) is 10.0. The van der Waals surface area contributed by atoms with Crippen LogP contribution in [0.5, 0.6) is 0 Å². The van der Waals surface area contributed by atoms with Crippen molar-refractivity contribution in [3.63, 3.8) is 0 Å². The molecular formula is C15H18N2O4. The van der Waals surface area contributed by atoms with Crippen molar-refractivity contribution in [1.82, 2.24) is 4.90 Å². The van der Waals surface area contributed by atoms with E-state index >= 15 is 0 Å². The van der Waals surface area contributed by atoms with Gasteiger partial charge in [-0.25, -0.2) is 0 Å². The van der Waals surface area contributed by atoms with Crippen molar-refractivity contribution in [2.75, 3.05) is 25.0 Å². The number of nitrogens with zero attached hydrogens (tertiary/aromatic N) is 1. The molecule has 2 rings (SSSR count). The van der Waals surface area contributed by atoms with Crippen LogP contribution in [0.4, 0.5) is 5.69 Å². The molecule has 0 bridgehead atoms.